The predicted octanol–water partition coefficient (Wildman–Crippen LogP) is 4.85. The molecule has 0 bridgehead atoms. The second kappa shape index (κ2) is 8.83. The summed E-state index contributed by atoms with van der Waals surface area (Å²) in [6.07, 6.45) is 1.01. The number of hydrogen-bond donors (Lipinski definition) is 1. The fourth-order valence-corrected chi connectivity index (χ4v) is 5.12. The number of benzene rings is 2. The maximum atomic E-state index is 14.0. The molecule has 2 aromatic rings. The van der Waals surface area contributed by atoms with Gasteiger partial charge in [-0.05, 0) is 85.4 Å². The van der Waals surface area contributed by atoms with Gasteiger partial charge in [-0.25, -0.2) is 9.18 Å². The summed E-state index contributed by atoms with van der Waals surface area (Å²) in [6.45, 7) is 7.39. The smallest absolute Gasteiger partial charge is 0.329 e. The number of carbonyl (C=O) groups excluding carboxylic acids is 2. The number of imide groups is 1. The number of nitrogens with zero attached hydrogens (tertiary/aromatic N) is 2. The van der Waals surface area contributed by atoms with Crippen LogP contribution < -0.4 is 15.0 Å². The summed E-state index contributed by atoms with van der Waals surface area (Å²) in [5, 5.41) is 2.45. The first kappa shape index (κ1) is 22.7. The molecule has 0 aromatic heterocycles. The van der Waals surface area contributed by atoms with Gasteiger partial charge in [0.05, 0.1) is 11.8 Å². The minimum Gasteiger partial charge on any atom is -0.491 e. The van der Waals surface area contributed by atoms with Gasteiger partial charge in [0.2, 0.25) is 0 Å². The summed E-state index contributed by atoms with van der Waals surface area (Å²) in [6, 6.07) is 11.7. The SMILES string of the molecule is CC(C)Oc1cccc(CN2CC[C@]3(C[C@H]2C)C(=O)NC(=O)N3c2cc(F)ccc2Br)c1. The van der Waals surface area contributed by atoms with Crippen molar-refractivity contribution in [3.63, 3.8) is 0 Å². The highest BCUT2D eigenvalue weighted by Crippen LogP contribution is 2.42. The summed E-state index contributed by atoms with van der Waals surface area (Å²) < 4.78 is 20.4. The van der Waals surface area contributed by atoms with Gasteiger partial charge in [-0.2, -0.15) is 0 Å². The number of anilines is 1. The average molecular weight is 504 g/mol. The van der Waals surface area contributed by atoms with Crippen LogP contribution in [0.15, 0.2) is 46.9 Å². The van der Waals surface area contributed by atoms with Gasteiger partial charge in [0.15, 0.2) is 0 Å². The fraction of sp³-hybridized carbons (Fsp3) is 0.417. The molecule has 2 atom stereocenters. The molecule has 8 heteroatoms. The van der Waals surface area contributed by atoms with Crippen LogP contribution in [0, 0.1) is 5.82 Å². The Balaban J connectivity index is 1.56. The van der Waals surface area contributed by atoms with Gasteiger partial charge in [0, 0.05) is 23.6 Å². The summed E-state index contributed by atoms with van der Waals surface area (Å²) >= 11 is 3.41. The molecule has 170 valence electrons. The molecule has 4 rings (SSSR count). The lowest BCUT2D eigenvalue weighted by atomic mass is 9.81. The Hall–Kier alpha value is -2.45. The van der Waals surface area contributed by atoms with Crippen molar-refractivity contribution >= 4 is 33.6 Å². The fourth-order valence-electron chi connectivity index (χ4n) is 4.70. The van der Waals surface area contributed by atoms with Gasteiger partial charge < -0.3 is 4.74 Å². The Kier molecular flexibility index (Phi) is 6.27. The number of halogens is 2. The molecule has 1 spiro atoms. The van der Waals surface area contributed by atoms with Crippen LogP contribution in [0.2, 0.25) is 0 Å². The molecule has 0 radical (unpaired) electrons. The number of ether oxygens (including phenoxy) is 1. The number of likely N-dealkylation sites (tertiary alicyclic amines) is 1. The lowest BCUT2D eigenvalue weighted by Crippen LogP contribution is -2.59. The Morgan fingerprint density at radius 2 is 2.03 bits per heavy atom. The lowest BCUT2D eigenvalue weighted by molar-refractivity contribution is -0.125. The van der Waals surface area contributed by atoms with Gasteiger partial charge in [0.25, 0.3) is 5.91 Å². The monoisotopic (exact) mass is 503 g/mol. The van der Waals surface area contributed by atoms with E-state index in [0.717, 1.165) is 11.3 Å². The van der Waals surface area contributed by atoms with Crippen LogP contribution in [0.1, 0.15) is 39.2 Å². The van der Waals surface area contributed by atoms with Crippen molar-refractivity contribution in [3.8, 4) is 5.75 Å². The van der Waals surface area contributed by atoms with Crippen molar-refractivity contribution in [2.45, 2.75) is 57.8 Å². The second-order valence-electron chi connectivity index (χ2n) is 8.81. The second-order valence-corrected chi connectivity index (χ2v) is 9.66. The van der Waals surface area contributed by atoms with Crippen LogP contribution in [0.4, 0.5) is 14.9 Å². The van der Waals surface area contributed by atoms with Crippen molar-refractivity contribution < 1.29 is 18.7 Å². The minimum absolute atomic E-state index is 0.0323. The third-order valence-electron chi connectivity index (χ3n) is 6.15. The number of rotatable bonds is 5. The number of hydrogen-bond acceptors (Lipinski definition) is 4. The van der Waals surface area contributed by atoms with E-state index in [1.807, 2.05) is 32.0 Å². The van der Waals surface area contributed by atoms with Crippen LogP contribution in [-0.2, 0) is 11.3 Å². The van der Waals surface area contributed by atoms with Gasteiger partial charge in [0.1, 0.15) is 17.1 Å². The van der Waals surface area contributed by atoms with Crippen LogP contribution >= 0.6 is 15.9 Å². The summed E-state index contributed by atoms with van der Waals surface area (Å²) in [7, 11) is 0. The first-order valence-electron chi connectivity index (χ1n) is 10.8. The largest absolute Gasteiger partial charge is 0.491 e. The molecular weight excluding hydrogens is 477 g/mol. The first-order valence-corrected chi connectivity index (χ1v) is 11.6. The molecule has 3 amide bonds. The molecule has 0 aliphatic carbocycles. The van der Waals surface area contributed by atoms with Gasteiger partial charge in [-0.15, -0.1) is 0 Å². The topological polar surface area (TPSA) is 61.9 Å². The van der Waals surface area contributed by atoms with Crippen molar-refractivity contribution in [1.82, 2.24) is 10.2 Å². The Morgan fingerprint density at radius 1 is 1.25 bits per heavy atom. The molecule has 2 aliphatic rings. The van der Waals surface area contributed by atoms with E-state index in [-0.39, 0.29) is 18.1 Å². The third-order valence-corrected chi connectivity index (χ3v) is 6.82. The van der Waals surface area contributed by atoms with Crippen molar-refractivity contribution in [2.75, 3.05) is 11.4 Å². The zero-order valence-corrected chi connectivity index (χ0v) is 20.0. The summed E-state index contributed by atoms with van der Waals surface area (Å²) in [5.74, 6) is 0.0542. The molecule has 2 aromatic carbocycles. The highest BCUT2D eigenvalue weighted by molar-refractivity contribution is 9.10. The minimum atomic E-state index is -1.04. The summed E-state index contributed by atoms with van der Waals surface area (Å²) in [5.41, 5.74) is 0.460. The normalized spacial score (nSPS) is 23.8. The molecule has 0 unspecified atom stereocenters. The van der Waals surface area contributed by atoms with E-state index in [4.69, 9.17) is 4.74 Å². The van der Waals surface area contributed by atoms with Crippen molar-refractivity contribution in [3.05, 3.63) is 58.3 Å². The Morgan fingerprint density at radius 3 is 2.75 bits per heavy atom. The first-order chi connectivity index (χ1) is 15.2. The number of carbonyl (C=O) groups is 2. The van der Waals surface area contributed by atoms with Crippen LogP contribution in [0.25, 0.3) is 0 Å². The molecule has 32 heavy (non-hydrogen) atoms. The van der Waals surface area contributed by atoms with E-state index in [9.17, 15) is 14.0 Å². The predicted molar refractivity (Wildman–Crippen MR) is 124 cm³/mol. The lowest BCUT2D eigenvalue weighted by Gasteiger charge is -2.46. The highest BCUT2D eigenvalue weighted by Gasteiger charge is 2.56. The molecule has 0 saturated carbocycles. The quantitative estimate of drug-likeness (QED) is 0.592. The van der Waals surface area contributed by atoms with Crippen LogP contribution in [-0.4, -0.2) is 41.1 Å². The van der Waals surface area contributed by atoms with Gasteiger partial charge in [-0.3, -0.25) is 19.9 Å². The highest BCUT2D eigenvalue weighted by atomic mass is 79.9. The molecule has 2 saturated heterocycles. The number of urea groups is 1. The average Bonchev–Trinajstić information content (AvgIpc) is 2.95. The van der Waals surface area contributed by atoms with Crippen LogP contribution in [0.5, 0.6) is 5.75 Å². The van der Waals surface area contributed by atoms with Crippen LogP contribution in [0.3, 0.4) is 0 Å². The van der Waals surface area contributed by atoms with E-state index in [0.29, 0.717) is 36.1 Å². The Labute approximate surface area is 195 Å². The maximum absolute atomic E-state index is 14.0. The van der Waals surface area contributed by atoms with E-state index >= 15 is 0 Å². The molecule has 1 N–H and O–H groups in total. The molecular formula is C24H27BrFN3O3. The van der Waals surface area contributed by atoms with E-state index in [1.54, 1.807) is 6.07 Å². The number of amides is 3. The molecule has 2 fully saturated rings. The van der Waals surface area contributed by atoms with Gasteiger partial charge >= 0.3 is 6.03 Å². The van der Waals surface area contributed by atoms with E-state index in [1.165, 1.54) is 17.0 Å². The van der Waals surface area contributed by atoms with Gasteiger partial charge in [-0.1, -0.05) is 12.1 Å². The maximum Gasteiger partial charge on any atom is 0.329 e. The third kappa shape index (κ3) is 4.26. The molecule has 2 heterocycles. The zero-order valence-electron chi connectivity index (χ0n) is 18.4. The van der Waals surface area contributed by atoms with E-state index in [2.05, 4.69) is 39.1 Å². The number of piperidine rings is 1. The summed E-state index contributed by atoms with van der Waals surface area (Å²) in [4.78, 5) is 29.5. The molecule has 6 nitrogen and oxygen atoms in total. The van der Waals surface area contributed by atoms with Crippen molar-refractivity contribution in [2.24, 2.45) is 0 Å². The number of nitrogens with one attached hydrogen (secondary N) is 1. The zero-order chi connectivity index (χ0) is 23.0. The van der Waals surface area contributed by atoms with E-state index < -0.39 is 17.4 Å². The molecule has 2 aliphatic heterocycles. The van der Waals surface area contributed by atoms with Crippen molar-refractivity contribution in [1.29, 1.82) is 0 Å². The Bertz CT molecular complexity index is 1050. The standard InChI is InChI=1S/C24H27BrFN3O3/c1-15(2)32-19-6-4-5-17(11-19)14-28-10-9-24(13-16(28)3)22(30)27-23(31)29(24)21-12-18(26)7-8-20(21)25/h4-8,11-12,15-16H,9-10,13-14H2,1-3H3,(H,27,30,31)/t16-,24+/m1/s1.